The number of nitrogens with one attached hydrogen (secondary N) is 1. The van der Waals surface area contributed by atoms with E-state index >= 15 is 0 Å². The molecule has 0 fully saturated rings. The van der Waals surface area contributed by atoms with E-state index in [9.17, 15) is 4.79 Å². The molecule has 0 radical (unpaired) electrons. The summed E-state index contributed by atoms with van der Waals surface area (Å²) in [7, 11) is 1.59. The molecule has 1 aromatic carbocycles. The summed E-state index contributed by atoms with van der Waals surface area (Å²) in [5, 5.41) is 0. The van der Waals surface area contributed by atoms with Crippen molar-refractivity contribution in [2.75, 3.05) is 13.7 Å². The molecular weight excluding hydrogens is 232 g/mol. The standard InChI is InChI=1S/C13H20N2O3/c1-9(2)7-18-8-11-6-10(13(16)15-14)4-5-12(11)17-3/h4-6,9H,7-8,14H2,1-3H3,(H,15,16). The van der Waals surface area contributed by atoms with E-state index in [1.807, 2.05) is 0 Å². The number of carbonyl (C=O) groups is 1. The maximum atomic E-state index is 11.4. The molecule has 0 bridgehead atoms. The molecule has 0 heterocycles. The van der Waals surface area contributed by atoms with Gasteiger partial charge in [0.1, 0.15) is 5.75 Å². The molecule has 1 aromatic rings. The van der Waals surface area contributed by atoms with E-state index in [0.29, 0.717) is 30.4 Å². The van der Waals surface area contributed by atoms with Crippen molar-refractivity contribution in [3.05, 3.63) is 29.3 Å². The monoisotopic (exact) mass is 252 g/mol. The van der Waals surface area contributed by atoms with E-state index in [2.05, 4.69) is 19.3 Å². The van der Waals surface area contributed by atoms with Crippen LogP contribution in [0, 0.1) is 5.92 Å². The van der Waals surface area contributed by atoms with Crippen molar-refractivity contribution in [1.29, 1.82) is 0 Å². The molecule has 0 spiro atoms. The van der Waals surface area contributed by atoms with Crippen LogP contribution < -0.4 is 16.0 Å². The highest BCUT2D eigenvalue weighted by Gasteiger charge is 2.09. The molecule has 5 heteroatoms. The fourth-order valence-corrected chi connectivity index (χ4v) is 1.52. The maximum Gasteiger partial charge on any atom is 0.265 e. The summed E-state index contributed by atoms with van der Waals surface area (Å²) < 4.78 is 10.8. The minimum Gasteiger partial charge on any atom is -0.496 e. The number of benzene rings is 1. The zero-order valence-corrected chi connectivity index (χ0v) is 11.0. The average Bonchev–Trinajstić information content (AvgIpc) is 2.37. The van der Waals surface area contributed by atoms with Crippen LogP contribution in [0.5, 0.6) is 5.75 Å². The Labute approximate surface area is 107 Å². The van der Waals surface area contributed by atoms with E-state index in [1.54, 1.807) is 25.3 Å². The second kappa shape index (κ2) is 6.98. The number of hydrogen-bond donors (Lipinski definition) is 2. The quantitative estimate of drug-likeness (QED) is 0.457. The van der Waals surface area contributed by atoms with Crippen molar-refractivity contribution in [3.63, 3.8) is 0 Å². The van der Waals surface area contributed by atoms with Crippen LogP contribution in [-0.4, -0.2) is 19.6 Å². The zero-order valence-electron chi connectivity index (χ0n) is 11.0. The Hall–Kier alpha value is -1.59. The molecule has 0 unspecified atom stereocenters. The van der Waals surface area contributed by atoms with Crippen LogP contribution in [0.3, 0.4) is 0 Å². The van der Waals surface area contributed by atoms with E-state index in [4.69, 9.17) is 15.3 Å². The summed E-state index contributed by atoms with van der Waals surface area (Å²) in [4.78, 5) is 11.4. The molecule has 0 atom stereocenters. The van der Waals surface area contributed by atoms with Crippen molar-refractivity contribution < 1.29 is 14.3 Å². The molecule has 100 valence electrons. The van der Waals surface area contributed by atoms with Gasteiger partial charge in [-0.1, -0.05) is 13.8 Å². The van der Waals surface area contributed by atoms with Gasteiger partial charge in [0.2, 0.25) is 0 Å². The van der Waals surface area contributed by atoms with Crippen LogP contribution in [0.1, 0.15) is 29.8 Å². The first-order valence-electron chi connectivity index (χ1n) is 5.84. The van der Waals surface area contributed by atoms with Gasteiger partial charge < -0.3 is 9.47 Å². The average molecular weight is 252 g/mol. The maximum absolute atomic E-state index is 11.4. The third-order valence-corrected chi connectivity index (χ3v) is 2.38. The van der Waals surface area contributed by atoms with Crippen LogP contribution in [0.4, 0.5) is 0 Å². The van der Waals surface area contributed by atoms with E-state index in [0.717, 1.165) is 5.56 Å². The molecule has 0 aliphatic rings. The second-order valence-electron chi connectivity index (χ2n) is 4.41. The molecule has 0 saturated heterocycles. The number of rotatable bonds is 6. The molecule has 0 aliphatic heterocycles. The highest BCUT2D eigenvalue weighted by molar-refractivity contribution is 5.94. The summed E-state index contributed by atoms with van der Waals surface area (Å²) >= 11 is 0. The lowest BCUT2D eigenvalue weighted by Gasteiger charge is -2.12. The minimum atomic E-state index is -0.331. The van der Waals surface area contributed by atoms with Crippen molar-refractivity contribution >= 4 is 5.91 Å². The SMILES string of the molecule is COc1ccc(C(=O)NN)cc1COCC(C)C. The van der Waals surface area contributed by atoms with Crippen LogP contribution in [-0.2, 0) is 11.3 Å². The van der Waals surface area contributed by atoms with Gasteiger partial charge in [-0.25, -0.2) is 5.84 Å². The normalized spacial score (nSPS) is 10.5. The van der Waals surface area contributed by atoms with Crippen LogP contribution in [0.25, 0.3) is 0 Å². The predicted molar refractivity (Wildman–Crippen MR) is 69.1 cm³/mol. The first kappa shape index (κ1) is 14.5. The Morgan fingerprint density at radius 3 is 2.72 bits per heavy atom. The number of carbonyl (C=O) groups excluding carboxylic acids is 1. The fourth-order valence-electron chi connectivity index (χ4n) is 1.52. The molecule has 1 amide bonds. The molecule has 5 nitrogen and oxygen atoms in total. The van der Waals surface area contributed by atoms with Gasteiger partial charge in [0.15, 0.2) is 0 Å². The number of hydrogen-bond acceptors (Lipinski definition) is 4. The van der Waals surface area contributed by atoms with Gasteiger partial charge in [-0.15, -0.1) is 0 Å². The van der Waals surface area contributed by atoms with E-state index < -0.39 is 0 Å². The van der Waals surface area contributed by atoms with Gasteiger partial charge in [0, 0.05) is 17.7 Å². The molecule has 0 aromatic heterocycles. The Bertz CT molecular complexity index is 405. The fraction of sp³-hybridized carbons (Fsp3) is 0.462. The molecule has 1 rings (SSSR count). The summed E-state index contributed by atoms with van der Waals surface area (Å²) in [6, 6.07) is 5.12. The Morgan fingerprint density at radius 2 is 2.17 bits per heavy atom. The smallest absolute Gasteiger partial charge is 0.265 e. The third-order valence-electron chi connectivity index (χ3n) is 2.38. The first-order valence-corrected chi connectivity index (χ1v) is 5.84. The largest absolute Gasteiger partial charge is 0.496 e. The summed E-state index contributed by atoms with van der Waals surface area (Å²) in [5.41, 5.74) is 3.42. The molecule has 3 N–H and O–H groups in total. The Balaban J connectivity index is 2.82. The lowest BCUT2D eigenvalue weighted by atomic mass is 10.1. The summed E-state index contributed by atoms with van der Waals surface area (Å²) in [6.07, 6.45) is 0. The molecule has 18 heavy (non-hydrogen) atoms. The van der Waals surface area contributed by atoms with Gasteiger partial charge >= 0.3 is 0 Å². The number of ether oxygens (including phenoxy) is 2. The third kappa shape index (κ3) is 4.01. The van der Waals surface area contributed by atoms with Gasteiger partial charge in [0.05, 0.1) is 13.7 Å². The minimum absolute atomic E-state index is 0.331. The number of methoxy groups -OCH3 is 1. The highest BCUT2D eigenvalue weighted by Crippen LogP contribution is 2.21. The van der Waals surface area contributed by atoms with Gasteiger partial charge in [-0.2, -0.15) is 0 Å². The van der Waals surface area contributed by atoms with Crippen LogP contribution >= 0.6 is 0 Å². The number of amides is 1. The van der Waals surface area contributed by atoms with Gasteiger partial charge in [0.25, 0.3) is 5.91 Å². The number of hydrazine groups is 1. The lowest BCUT2D eigenvalue weighted by molar-refractivity contribution is 0.0939. The van der Waals surface area contributed by atoms with E-state index in [-0.39, 0.29) is 5.91 Å². The van der Waals surface area contributed by atoms with Crippen LogP contribution in [0.2, 0.25) is 0 Å². The number of nitrogens with two attached hydrogens (primary N) is 1. The Kier molecular flexibility index (Phi) is 5.61. The van der Waals surface area contributed by atoms with Gasteiger partial charge in [-0.05, 0) is 24.1 Å². The highest BCUT2D eigenvalue weighted by atomic mass is 16.5. The van der Waals surface area contributed by atoms with Crippen molar-refractivity contribution in [1.82, 2.24) is 5.43 Å². The summed E-state index contributed by atoms with van der Waals surface area (Å²) in [5.74, 6) is 5.94. The topological polar surface area (TPSA) is 73.6 Å². The predicted octanol–water partition coefficient (Wildman–Crippen LogP) is 1.47. The molecule has 0 aliphatic carbocycles. The van der Waals surface area contributed by atoms with Crippen molar-refractivity contribution in [2.24, 2.45) is 11.8 Å². The second-order valence-corrected chi connectivity index (χ2v) is 4.41. The van der Waals surface area contributed by atoms with E-state index in [1.165, 1.54) is 0 Å². The number of nitrogen functional groups attached to an aromatic ring is 1. The van der Waals surface area contributed by atoms with Crippen molar-refractivity contribution in [2.45, 2.75) is 20.5 Å². The van der Waals surface area contributed by atoms with Gasteiger partial charge in [-0.3, -0.25) is 10.2 Å². The zero-order chi connectivity index (χ0) is 13.5. The first-order chi connectivity index (χ1) is 8.58. The lowest BCUT2D eigenvalue weighted by Crippen LogP contribution is -2.30. The summed E-state index contributed by atoms with van der Waals surface area (Å²) in [6.45, 7) is 5.23. The Morgan fingerprint density at radius 1 is 1.44 bits per heavy atom. The van der Waals surface area contributed by atoms with Crippen LogP contribution in [0.15, 0.2) is 18.2 Å². The van der Waals surface area contributed by atoms with Crippen molar-refractivity contribution in [3.8, 4) is 5.75 Å². The molecular formula is C13H20N2O3. The molecule has 0 saturated carbocycles.